The van der Waals surface area contributed by atoms with Crippen molar-refractivity contribution >= 4 is 33.9 Å². The average molecular weight is 408 g/mol. The van der Waals surface area contributed by atoms with Gasteiger partial charge in [0.05, 0.1) is 17.4 Å². The lowest BCUT2D eigenvalue weighted by Gasteiger charge is -2.09. The van der Waals surface area contributed by atoms with E-state index in [9.17, 15) is 0 Å². The number of halogens is 1. The van der Waals surface area contributed by atoms with Gasteiger partial charge in [-0.05, 0) is 36.2 Å². The van der Waals surface area contributed by atoms with Crippen LogP contribution in [-0.2, 0) is 6.42 Å². The van der Waals surface area contributed by atoms with Crippen LogP contribution < -0.4 is 11.1 Å². The molecule has 0 aliphatic rings. The summed E-state index contributed by atoms with van der Waals surface area (Å²) in [5.41, 5.74) is 10.1. The molecule has 0 aliphatic carbocycles. The number of thiazole rings is 1. The largest absolute Gasteiger partial charge is 0.322 e. The maximum atomic E-state index is 6.31. The van der Waals surface area contributed by atoms with Gasteiger partial charge in [0.15, 0.2) is 10.9 Å². The summed E-state index contributed by atoms with van der Waals surface area (Å²) >= 11 is 7.42. The lowest BCUT2D eigenvalue weighted by Crippen LogP contribution is -2.13. The number of nitrogens with two attached hydrogens (primary N) is 1. The Morgan fingerprint density at radius 2 is 1.75 bits per heavy atom. The molecule has 140 valence electrons. The molecule has 4 rings (SSSR count). The van der Waals surface area contributed by atoms with Crippen LogP contribution in [0.4, 0.5) is 10.9 Å². The third kappa shape index (κ3) is 4.54. The van der Waals surface area contributed by atoms with Gasteiger partial charge in [0.1, 0.15) is 0 Å². The lowest BCUT2D eigenvalue weighted by atomic mass is 10.1. The van der Waals surface area contributed by atoms with E-state index in [2.05, 4.69) is 20.5 Å². The predicted octanol–water partition coefficient (Wildman–Crippen LogP) is 5.24. The van der Waals surface area contributed by atoms with Crippen molar-refractivity contribution in [2.75, 3.05) is 5.32 Å². The Balaban J connectivity index is 1.41. The minimum atomic E-state index is -0.181. The number of rotatable bonds is 6. The van der Waals surface area contributed by atoms with Gasteiger partial charge in [0, 0.05) is 16.0 Å². The van der Waals surface area contributed by atoms with Crippen LogP contribution in [0.25, 0.3) is 11.3 Å². The summed E-state index contributed by atoms with van der Waals surface area (Å²) in [6.45, 7) is 0. The molecule has 0 bridgehead atoms. The quantitative estimate of drug-likeness (QED) is 0.457. The number of aromatic nitrogens is 3. The van der Waals surface area contributed by atoms with Crippen molar-refractivity contribution in [3.8, 4) is 11.3 Å². The second-order valence-corrected chi connectivity index (χ2v) is 7.60. The summed E-state index contributed by atoms with van der Waals surface area (Å²) in [5, 5.41) is 15.1. The SMILES string of the molecule is NC(Cc1ccc(Cl)cc1)c1csc(Nc2ccc(-c3ccccc3)nn2)n1. The number of hydrogen-bond acceptors (Lipinski definition) is 6. The van der Waals surface area contributed by atoms with Crippen LogP contribution in [-0.4, -0.2) is 15.2 Å². The molecule has 1 atom stereocenters. The minimum Gasteiger partial charge on any atom is -0.322 e. The molecule has 2 aromatic heterocycles. The van der Waals surface area contributed by atoms with Crippen molar-refractivity contribution < 1.29 is 0 Å². The fraction of sp³-hybridized carbons (Fsp3) is 0.0952. The van der Waals surface area contributed by atoms with E-state index in [4.69, 9.17) is 17.3 Å². The first-order valence-electron chi connectivity index (χ1n) is 8.79. The highest BCUT2D eigenvalue weighted by atomic mass is 35.5. The zero-order valence-electron chi connectivity index (χ0n) is 14.9. The molecule has 2 heterocycles. The number of nitrogens with zero attached hydrogens (tertiary/aromatic N) is 3. The van der Waals surface area contributed by atoms with Crippen LogP contribution in [0.1, 0.15) is 17.3 Å². The Morgan fingerprint density at radius 3 is 2.46 bits per heavy atom. The molecule has 0 fully saturated rings. The number of nitrogens with one attached hydrogen (secondary N) is 1. The van der Waals surface area contributed by atoms with Gasteiger partial charge in [-0.25, -0.2) is 4.98 Å². The van der Waals surface area contributed by atoms with Gasteiger partial charge >= 0.3 is 0 Å². The highest BCUT2D eigenvalue weighted by molar-refractivity contribution is 7.13. The molecule has 0 radical (unpaired) electrons. The summed E-state index contributed by atoms with van der Waals surface area (Å²) in [7, 11) is 0. The molecule has 1 unspecified atom stereocenters. The molecule has 0 amide bonds. The first kappa shape index (κ1) is 18.6. The van der Waals surface area contributed by atoms with Gasteiger partial charge in [0.25, 0.3) is 0 Å². The van der Waals surface area contributed by atoms with Crippen LogP contribution in [0, 0.1) is 0 Å². The van der Waals surface area contributed by atoms with Gasteiger partial charge in [-0.1, -0.05) is 54.1 Å². The van der Waals surface area contributed by atoms with Gasteiger partial charge in [-0.15, -0.1) is 21.5 Å². The van der Waals surface area contributed by atoms with E-state index in [1.165, 1.54) is 11.3 Å². The van der Waals surface area contributed by atoms with Gasteiger partial charge in [0.2, 0.25) is 0 Å². The zero-order valence-corrected chi connectivity index (χ0v) is 16.5. The fourth-order valence-electron chi connectivity index (χ4n) is 2.76. The number of benzene rings is 2. The normalized spacial score (nSPS) is 11.9. The monoisotopic (exact) mass is 407 g/mol. The van der Waals surface area contributed by atoms with Crippen LogP contribution in [0.5, 0.6) is 0 Å². The Labute approximate surface area is 172 Å². The second-order valence-electron chi connectivity index (χ2n) is 6.31. The van der Waals surface area contributed by atoms with Gasteiger partial charge < -0.3 is 11.1 Å². The van der Waals surface area contributed by atoms with Crippen LogP contribution in [0.3, 0.4) is 0 Å². The Hall–Kier alpha value is -2.80. The van der Waals surface area contributed by atoms with Crippen molar-refractivity contribution in [2.24, 2.45) is 5.73 Å². The van der Waals surface area contributed by atoms with Crippen LogP contribution in [0.15, 0.2) is 72.1 Å². The summed E-state index contributed by atoms with van der Waals surface area (Å²) in [6.07, 6.45) is 0.700. The molecule has 4 aromatic rings. The number of hydrogen-bond donors (Lipinski definition) is 2. The van der Waals surface area contributed by atoms with E-state index in [-0.39, 0.29) is 6.04 Å². The first-order chi connectivity index (χ1) is 13.7. The summed E-state index contributed by atoms with van der Waals surface area (Å²) in [6, 6.07) is 21.3. The third-order valence-electron chi connectivity index (χ3n) is 4.24. The van der Waals surface area contributed by atoms with E-state index >= 15 is 0 Å². The van der Waals surface area contributed by atoms with E-state index in [1.54, 1.807) is 0 Å². The maximum Gasteiger partial charge on any atom is 0.188 e. The van der Waals surface area contributed by atoms with Crippen molar-refractivity contribution in [3.63, 3.8) is 0 Å². The molecule has 0 aliphatic heterocycles. The molecule has 0 spiro atoms. The first-order valence-corrected chi connectivity index (χ1v) is 10.0. The standard InChI is InChI=1S/C21H18ClN5S/c22-16-8-6-14(7-9-16)12-17(23)19-13-28-21(24-19)25-20-11-10-18(26-27-20)15-4-2-1-3-5-15/h1-11,13,17H,12,23H2,(H,24,25,27). The smallest absolute Gasteiger partial charge is 0.188 e. The average Bonchev–Trinajstić information content (AvgIpc) is 3.20. The molecule has 0 saturated carbocycles. The van der Waals surface area contributed by atoms with Crippen molar-refractivity contribution in [3.05, 3.63) is 88.4 Å². The molecule has 5 nitrogen and oxygen atoms in total. The molecule has 3 N–H and O–H groups in total. The van der Waals surface area contributed by atoms with Crippen molar-refractivity contribution in [1.29, 1.82) is 0 Å². The topological polar surface area (TPSA) is 76.7 Å². The lowest BCUT2D eigenvalue weighted by molar-refractivity contribution is 0.702. The third-order valence-corrected chi connectivity index (χ3v) is 5.27. The molecule has 7 heteroatoms. The Bertz CT molecular complexity index is 1030. The summed E-state index contributed by atoms with van der Waals surface area (Å²) < 4.78 is 0. The van der Waals surface area contributed by atoms with Crippen LogP contribution >= 0.6 is 22.9 Å². The van der Waals surface area contributed by atoms with Gasteiger partial charge in [-0.2, -0.15) is 0 Å². The molecular weight excluding hydrogens is 390 g/mol. The maximum absolute atomic E-state index is 6.31. The van der Waals surface area contributed by atoms with Gasteiger partial charge in [-0.3, -0.25) is 0 Å². The predicted molar refractivity (Wildman–Crippen MR) is 115 cm³/mol. The Kier molecular flexibility index (Phi) is 5.62. The molecule has 28 heavy (non-hydrogen) atoms. The number of anilines is 2. The Morgan fingerprint density at radius 1 is 0.964 bits per heavy atom. The van der Waals surface area contributed by atoms with Crippen molar-refractivity contribution in [1.82, 2.24) is 15.2 Å². The van der Waals surface area contributed by atoms with E-state index in [0.717, 1.165) is 32.7 Å². The van der Waals surface area contributed by atoms with E-state index in [0.29, 0.717) is 12.2 Å². The highest BCUT2D eigenvalue weighted by Crippen LogP contribution is 2.25. The fourth-order valence-corrected chi connectivity index (χ4v) is 3.67. The van der Waals surface area contributed by atoms with E-state index in [1.807, 2.05) is 72.1 Å². The second kappa shape index (κ2) is 8.48. The molecule has 0 saturated heterocycles. The highest BCUT2D eigenvalue weighted by Gasteiger charge is 2.12. The minimum absolute atomic E-state index is 0.181. The molecule has 2 aromatic carbocycles. The zero-order chi connectivity index (χ0) is 19.3. The summed E-state index contributed by atoms with van der Waals surface area (Å²) in [5.74, 6) is 0.645. The van der Waals surface area contributed by atoms with E-state index < -0.39 is 0 Å². The van der Waals surface area contributed by atoms with Crippen molar-refractivity contribution in [2.45, 2.75) is 12.5 Å². The molecular formula is C21H18ClN5S. The van der Waals surface area contributed by atoms with Crippen LogP contribution in [0.2, 0.25) is 5.02 Å². The summed E-state index contributed by atoms with van der Waals surface area (Å²) in [4.78, 5) is 4.59.